The van der Waals surface area contributed by atoms with Crippen molar-refractivity contribution in [2.24, 2.45) is 5.73 Å². The monoisotopic (exact) mass is 561 g/mol. The van der Waals surface area contributed by atoms with E-state index in [1.165, 1.54) is 23.0 Å². The molecule has 8 nitrogen and oxygen atoms in total. The van der Waals surface area contributed by atoms with Crippen LogP contribution in [0.15, 0.2) is 66.7 Å². The molecular weight excluding hydrogens is 533 g/mol. The third-order valence-electron chi connectivity index (χ3n) is 7.83. The average molecular weight is 562 g/mol. The Labute approximate surface area is 237 Å². The highest BCUT2D eigenvalue weighted by molar-refractivity contribution is 6.30. The topological polar surface area (TPSA) is 112 Å². The molecule has 2 unspecified atom stereocenters. The lowest BCUT2D eigenvalue weighted by Crippen LogP contribution is -2.48. The maximum atomic E-state index is 14.9. The number of hydrogen-bond acceptors (Lipinski definition) is 5. The number of carbonyl (C=O) groups excluding carboxylic acids is 2. The molecule has 1 aliphatic carbocycles. The van der Waals surface area contributed by atoms with Crippen LogP contribution in [0.25, 0.3) is 0 Å². The van der Waals surface area contributed by atoms with Crippen LogP contribution in [0.5, 0.6) is 0 Å². The van der Waals surface area contributed by atoms with Gasteiger partial charge in [-0.3, -0.25) is 9.69 Å². The summed E-state index contributed by atoms with van der Waals surface area (Å²) in [7, 11) is 3.14. The first kappa shape index (κ1) is 27.6. The van der Waals surface area contributed by atoms with Gasteiger partial charge in [0, 0.05) is 49.3 Å². The SMILES string of the molecule is CO[C@@H]1C[C@@H](C(=O)Nc2cc(C3CC3(N)c3cccc(C#N)c3)ccc2F)N(C(=O)N(C)c2ccc(Cl)cc2)C1. The number of carbonyl (C=O) groups is 2. The molecule has 10 heteroatoms. The van der Waals surface area contributed by atoms with Gasteiger partial charge in [0.2, 0.25) is 5.91 Å². The molecular formula is C30H29ClFN5O3. The molecule has 1 heterocycles. The molecule has 1 saturated carbocycles. The fourth-order valence-corrected chi connectivity index (χ4v) is 5.48. The summed E-state index contributed by atoms with van der Waals surface area (Å²) >= 11 is 5.98. The highest BCUT2D eigenvalue weighted by Gasteiger charge is 2.53. The lowest BCUT2D eigenvalue weighted by molar-refractivity contribution is -0.119. The second-order valence-electron chi connectivity index (χ2n) is 10.3. The van der Waals surface area contributed by atoms with Crippen molar-refractivity contribution in [3.05, 3.63) is 94.3 Å². The number of nitrogens with zero attached hydrogens (tertiary/aromatic N) is 3. The zero-order valence-electron chi connectivity index (χ0n) is 22.1. The molecule has 3 N–H and O–H groups in total. The Hall–Kier alpha value is -3.97. The van der Waals surface area contributed by atoms with Crippen molar-refractivity contribution in [2.45, 2.75) is 36.4 Å². The van der Waals surface area contributed by atoms with Gasteiger partial charge in [0.15, 0.2) is 0 Å². The van der Waals surface area contributed by atoms with Crippen molar-refractivity contribution in [1.29, 1.82) is 5.26 Å². The highest BCUT2D eigenvalue weighted by atomic mass is 35.5. The van der Waals surface area contributed by atoms with Crippen LogP contribution in [0.2, 0.25) is 5.02 Å². The van der Waals surface area contributed by atoms with Crippen LogP contribution in [0.3, 0.4) is 0 Å². The number of methoxy groups -OCH3 is 1. The van der Waals surface area contributed by atoms with Crippen LogP contribution >= 0.6 is 11.6 Å². The fourth-order valence-electron chi connectivity index (χ4n) is 5.36. The Morgan fingerprint density at radius 1 is 1.20 bits per heavy atom. The summed E-state index contributed by atoms with van der Waals surface area (Å²) in [4.78, 5) is 29.7. The molecule has 2 aliphatic rings. The van der Waals surface area contributed by atoms with Gasteiger partial charge in [-0.1, -0.05) is 29.8 Å². The number of nitrogens with two attached hydrogens (primary N) is 1. The number of amides is 3. The van der Waals surface area contributed by atoms with E-state index in [2.05, 4.69) is 11.4 Å². The largest absolute Gasteiger partial charge is 0.380 e. The smallest absolute Gasteiger partial charge is 0.324 e. The molecule has 3 aromatic rings. The Balaban J connectivity index is 1.34. The Bertz CT molecular complexity index is 1490. The second-order valence-corrected chi connectivity index (χ2v) is 10.7. The molecule has 5 rings (SSSR count). The van der Waals surface area contributed by atoms with E-state index in [0.29, 0.717) is 22.7 Å². The number of urea groups is 1. The summed E-state index contributed by atoms with van der Waals surface area (Å²) in [5.41, 5.74) is 8.74. The summed E-state index contributed by atoms with van der Waals surface area (Å²) in [6, 6.07) is 19.4. The molecule has 4 atom stereocenters. The van der Waals surface area contributed by atoms with Crippen molar-refractivity contribution < 1.29 is 18.7 Å². The first-order valence-corrected chi connectivity index (χ1v) is 13.2. The molecule has 0 spiro atoms. The summed E-state index contributed by atoms with van der Waals surface area (Å²) < 4.78 is 20.4. The minimum Gasteiger partial charge on any atom is -0.380 e. The van der Waals surface area contributed by atoms with E-state index in [1.54, 1.807) is 61.6 Å². The van der Waals surface area contributed by atoms with E-state index in [0.717, 1.165) is 11.1 Å². The number of benzene rings is 3. The number of rotatable bonds is 6. The van der Waals surface area contributed by atoms with Crippen LogP contribution in [0, 0.1) is 17.1 Å². The summed E-state index contributed by atoms with van der Waals surface area (Å²) in [5, 5.41) is 12.5. The van der Waals surface area contributed by atoms with E-state index in [4.69, 9.17) is 22.1 Å². The van der Waals surface area contributed by atoms with E-state index in [1.807, 2.05) is 6.07 Å². The number of halogens is 2. The molecule has 206 valence electrons. The average Bonchev–Trinajstić information content (AvgIpc) is 3.47. The van der Waals surface area contributed by atoms with Gasteiger partial charge < -0.3 is 20.7 Å². The standard InChI is InChI=1S/C30H29ClFN5O3/c1-36(22-9-7-21(31)8-10-22)29(39)37-17-23(40-2)14-27(37)28(38)35-26-13-19(6-11-25(26)32)24-15-30(24,34)20-5-3-4-18(12-20)16-33/h3-13,23-24,27H,14-15,17,34H2,1-2H3,(H,35,38)/t23-,24?,27+,30?/m1/s1. The second kappa shape index (κ2) is 10.9. The molecule has 3 aromatic carbocycles. The van der Waals surface area contributed by atoms with Gasteiger partial charge in [-0.05, 0) is 66.1 Å². The quantitative estimate of drug-likeness (QED) is 0.441. The summed E-state index contributed by atoms with van der Waals surface area (Å²) in [5.74, 6) is -1.21. The number of likely N-dealkylation sites (tertiary alicyclic amines) is 1. The van der Waals surface area contributed by atoms with Crippen molar-refractivity contribution in [1.82, 2.24) is 4.90 Å². The van der Waals surface area contributed by atoms with Crippen molar-refractivity contribution in [3.8, 4) is 6.07 Å². The summed E-state index contributed by atoms with van der Waals surface area (Å²) in [6.45, 7) is 0.216. The van der Waals surface area contributed by atoms with Crippen LogP contribution in [0.4, 0.5) is 20.6 Å². The maximum Gasteiger partial charge on any atom is 0.324 e. The molecule has 2 fully saturated rings. The fraction of sp³-hybridized carbons (Fsp3) is 0.300. The van der Waals surface area contributed by atoms with Crippen LogP contribution in [-0.4, -0.2) is 49.7 Å². The highest BCUT2D eigenvalue weighted by Crippen LogP contribution is 2.56. The van der Waals surface area contributed by atoms with Crippen molar-refractivity contribution in [3.63, 3.8) is 0 Å². The van der Waals surface area contributed by atoms with Gasteiger partial charge in [-0.25, -0.2) is 9.18 Å². The van der Waals surface area contributed by atoms with Gasteiger partial charge >= 0.3 is 6.03 Å². The van der Waals surface area contributed by atoms with Gasteiger partial charge in [-0.2, -0.15) is 5.26 Å². The molecule has 1 aliphatic heterocycles. The zero-order chi connectivity index (χ0) is 28.6. The lowest BCUT2D eigenvalue weighted by Gasteiger charge is -2.29. The van der Waals surface area contributed by atoms with Gasteiger partial charge in [0.05, 0.1) is 23.4 Å². The van der Waals surface area contributed by atoms with Gasteiger partial charge in [0.25, 0.3) is 0 Å². The van der Waals surface area contributed by atoms with Crippen LogP contribution in [-0.2, 0) is 15.1 Å². The van der Waals surface area contributed by atoms with Gasteiger partial charge in [0.1, 0.15) is 11.9 Å². The molecule has 1 saturated heterocycles. The molecule has 0 aromatic heterocycles. The number of hydrogen-bond donors (Lipinski definition) is 2. The van der Waals surface area contributed by atoms with E-state index in [9.17, 15) is 19.2 Å². The Morgan fingerprint density at radius 3 is 2.65 bits per heavy atom. The lowest BCUT2D eigenvalue weighted by atomic mass is 9.97. The predicted octanol–water partition coefficient (Wildman–Crippen LogP) is 4.98. The molecule has 3 amide bonds. The van der Waals surface area contributed by atoms with Gasteiger partial charge in [-0.15, -0.1) is 0 Å². The number of anilines is 2. The number of nitriles is 1. The zero-order valence-corrected chi connectivity index (χ0v) is 22.9. The minimum atomic E-state index is -0.862. The number of ether oxygens (including phenoxy) is 1. The van der Waals surface area contributed by atoms with E-state index >= 15 is 0 Å². The molecule has 40 heavy (non-hydrogen) atoms. The van der Waals surface area contributed by atoms with Crippen molar-refractivity contribution >= 4 is 34.9 Å². The maximum absolute atomic E-state index is 14.9. The first-order chi connectivity index (χ1) is 19.1. The Kier molecular flexibility index (Phi) is 7.51. The van der Waals surface area contributed by atoms with Crippen LogP contribution in [0.1, 0.15) is 35.4 Å². The third-order valence-corrected chi connectivity index (χ3v) is 8.08. The summed E-state index contributed by atoms with van der Waals surface area (Å²) in [6.07, 6.45) is 0.550. The number of nitrogens with one attached hydrogen (secondary N) is 1. The van der Waals surface area contributed by atoms with Crippen molar-refractivity contribution in [2.75, 3.05) is 30.9 Å². The molecule has 0 bridgehead atoms. The van der Waals surface area contributed by atoms with E-state index in [-0.39, 0.29) is 36.7 Å². The molecule has 0 radical (unpaired) electrons. The Morgan fingerprint density at radius 2 is 1.95 bits per heavy atom. The third kappa shape index (κ3) is 5.26. The van der Waals surface area contributed by atoms with Crippen LogP contribution < -0.4 is 16.0 Å². The first-order valence-electron chi connectivity index (χ1n) is 12.9. The minimum absolute atomic E-state index is 0.0156. The normalized spacial score (nSPS) is 23.4. The predicted molar refractivity (Wildman–Crippen MR) is 151 cm³/mol. The van der Waals surface area contributed by atoms with E-state index < -0.39 is 23.3 Å².